The predicted octanol–water partition coefficient (Wildman–Crippen LogP) is 3.25. The Morgan fingerprint density at radius 2 is 2.27 bits per heavy atom. The fourth-order valence-corrected chi connectivity index (χ4v) is 3.17. The summed E-state index contributed by atoms with van der Waals surface area (Å²) in [5.74, 6) is 3.54. The highest BCUT2D eigenvalue weighted by Gasteiger charge is 2.14. The highest BCUT2D eigenvalue weighted by Crippen LogP contribution is 2.27. The van der Waals surface area contributed by atoms with Crippen molar-refractivity contribution in [2.45, 2.75) is 52.1 Å². The number of unbranched alkanes of at least 4 members (excludes halogenated alkanes) is 1. The van der Waals surface area contributed by atoms with E-state index >= 15 is 0 Å². The molecule has 1 atom stereocenters. The van der Waals surface area contributed by atoms with E-state index in [1.165, 1.54) is 30.8 Å². The van der Waals surface area contributed by atoms with Crippen LogP contribution in [0.15, 0.2) is 0 Å². The number of esters is 1. The molecule has 0 amide bonds. The molecule has 0 saturated carbocycles. The fourth-order valence-electron chi connectivity index (χ4n) is 1.84. The van der Waals surface area contributed by atoms with E-state index in [1.807, 2.05) is 13.8 Å². The maximum atomic E-state index is 11.2. The summed E-state index contributed by atoms with van der Waals surface area (Å²) in [4.78, 5) is 11.2. The summed E-state index contributed by atoms with van der Waals surface area (Å²) in [6.07, 6.45) is 5.47. The van der Waals surface area contributed by atoms with Crippen LogP contribution >= 0.6 is 11.8 Å². The number of carbonyl (C=O) groups is 1. The van der Waals surface area contributed by atoms with Crippen LogP contribution in [0.25, 0.3) is 0 Å². The summed E-state index contributed by atoms with van der Waals surface area (Å²) in [5.41, 5.74) is 0. The van der Waals surface area contributed by atoms with Crippen molar-refractivity contribution in [2.24, 2.45) is 5.92 Å². The zero-order valence-corrected chi connectivity index (χ0v) is 10.6. The third-order valence-corrected chi connectivity index (χ3v) is 3.87. The van der Waals surface area contributed by atoms with Gasteiger partial charge in [-0.25, -0.2) is 0 Å². The number of carbonyl (C=O) groups excluding carboxylic acids is 1. The minimum atomic E-state index is -0.0363. The molecule has 2 nitrogen and oxygen atoms in total. The molecule has 1 heterocycles. The molecule has 0 N–H and O–H groups in total. The molecule has 0 aromatic carbocycles. The molecule has 1 aliphatic rings. The first kappa shape index (κ1) is 12.9. The van der Waals surface area contributed by atoms with Crippen LogP contribution in [0, 0.1) is 5.92 Å². The van der Waals surface area contributed by atoms with E-state index in [2.05, 4.69) is 11.8 Å². The van der Waals surface area contributed by atoms with E-state index in [4.69, 9.17) is 4.74 Å². The second-order valence-corrected chi connectivity index (χ2v) is 5.66. The topological polar surface area (TPSA) is 26.3 Å². The van der Waals surface area contributed by atoms with Gasteiger partial charge in [-0.2, -0.15) is 11.8 Å². The molecule has 0 spiro atoms. The molecule has 0 bridgehead atoms. The molecule has 0 radical (unpaired) electrons. The zero-order valence-electron chi connectivity index (χ0n) is 9.83. The van der Waals surface area contributed by atoms with Crippen molar-refractivity contribution >= 4 is 17.7 Å². The Hall–Kier alpha value is -0.180. The van der Waals surface area contributed by atoms with Crippen molar-refractivity contribution in [3.63, 3.8) is 0 Å². The second-order valence-electron chi connectivity index (χ2n) is 4.51. The van der Waals surface area contributed by atoms with E-state index < -0.39 is 0 Å². The average molecular weight is 230 g/mol. The summed E-state index contributed by atoms with van der Waals surface area (Å²) in [6, 6.07) is 0. The van der Waals surface area contributed by atoms with Gasteiger partial charge in [-0.1, -0.05) is 6.42 Å². The number of thioether (sulfide) groups is 1. The van der Waals surface area contributed by atoms with Crippen LogP contribution < -0.4 is 0 Å². The Kier molecular flexibility index (Phi) is 6.15. The number of ether oxygens (including phenoxy) is 1. The van der Waals surface area contributed by atoms with Gasteiger partial charge in [-0.3, -0.25) is 4.79 Å². The largest absolute Gasteiger partial charge is 0.463 e. The van der Waals surface area contributed by atoms with Gasteiger partial charge < -0.3 is 4.74 Å². The van der Waals surface area contributed by atoms with Crippen LogP contribution in [-0.2, 0) is 9.53 Å². The van der Waals surface area contributed by atoms with Gasteiger partial charge in [-0.15, -0.1) is 0 Å². The molecular formula is C12H22O2S. The molecule has 1 fully saturated rings. The first-order chi connectivity index (χ1) is 7.18. The van der Waals surface area contributed by atoms with Gasteiger partial charge in [0.05, 0.1) is 6.10 Å². The lowest BCUT2D eigenvalue weighted by atomic mass is 10.0. The van der Waals surface area contributed by atoms with Crippen LogP contribution in [0.3, 0.4) is 0 Å². The number of hydrogen-bond donors (Lipinski definition) is 0. The Bertz CT molecular complexity index is 186. The molecule has 0 aliphatic carbocycles. The monoisotopic (exact) mass is 230 g/mol. The zero-order chi connectivity index (χ0) is 11.1. The van der Waals surface area contributed by atoms with Gasteiger partial charge in [0.25, 0.3) is 0 Å². The van der Waals surface area contributed by atoms with Crippen LogP contribution in [0.5, 0.6) is 0 Å². The fraction of sp³-hybridized carbons (Fsp3) is 0.917. The van der Waals surface area contributed by atoms with Crippen LogP contribution in [0.4, 0.5) is 0 Å². The standard InChI is InChI=1S/C12H22O2S/c1-10(2)14-12(13)6-4-3-5-11-7-8-15-9-11/h10-11H,3-9H2,1-2H3. The minimum absolute atomic E-state index is 0.0312. The summed E-state index contributed by atoms with van der Waals surface area (Å²) in [6.45, 7) is 3.79. The molecule has 15 heavy (non-hydrogen) atoms. The minimum Gasteiger partial charge on any atom is -0.463 e. The molecule has 1 rings (SSSR count). The smallest absolute Gasteiger partial charge is 0.306 e. The predicted molar refractivity (Wildman–Crippen MR) is 65.1 cm³/mol. The Balaban J connectivity index is 1.94. The van der Waals surface area contributed by atoms with Gasteiger partial charge in [0.2, 0.25) is 0 Å². The molecule has 0 aromatic heterocycles. The van der Waals surface area contributed by atoms with E-state index in [-0.39, 0.29) is 12.1 Å². The van der Waals surface area contributed by atoms with Crippen molar-refractivity contribution in [1.82, 2.24) is 0 Å². The molecule has 88 valence electrons. The Morgan fingerprint density at radius 3 is 2.87 bits per heavy atom. The normalized spacial score (nSPS) is 20.9. The quantitative estimate of drug-likeness (QED) is 0.517. The summed E-state index contributed by atoms with van der Waals surface area (Å²) < 4.78 is 5.08. The highest BCUT2D eigenvalue weighted by molar-refractivity contribution is 7.99. The number of hydrogen-bond acceptors (Lipinski definition) is 3. The van der Waals surface area contributed by atoms with Gasteiger partial charge in [0, 0.05) is 6.42 Å². The molecule has 0 aromatic rings. The Morgan fingerprint density at radius 1 is 1.47 bits per heavy atom. The van der Waals surface area contributed by atoms with E-state index in [0.717, 1.165) is 12.3 Å². The van der Waals surface area contributed by atoms with Gasteiger partial charge in [0.15, 0.2) is 0 Å². The molecule has 1 aliphatic heterocycles. The molecule has 1 unspecified atom stereocenters. The third-order valence-electron chi connectivity index (χ3n) is 2.63. The lowest BCUT2D eigenvalue weighted by Gasteiger charge is -2.09. The lowest BCUT2D eigenvalue weighted by Crippen LogP contribution is -2.11. The van der Waals surface area contributed by atoms with Crippen molar-refractivity contribution in [1.29, 1.82) is 0 Å². The average Bonchev–Trinajstić information content (AvgIpc) is 2.63. The van der Waals surface area contributed by atoms with Crippen molar-refractivity contribution in [3.8, 4) is 0 Å². The summed E-state index contributed by atoms with van der Waals surface area (Å²) >= 11 is 2.06. The van der Waals surface area contributed by atoms with E-state index in [1.54, 1.807) is 0 Å². The molecule has 3 heteroatoms. The van der Waals surface area contributed by atoms with E-state index in [0.29, 0.717) is 6.42 Å². The Labute approximate surface area is 97.1 Å². The second kappa shape index (κ2) is 7.15. The lowest BCUT2D eigenvalue weighted by molar-refractivity contribution is -0.147. The third kappa shape index (κ3) is 6.08. The number of rotatable bonds is 6. The maximum Gasteiger partial charge on any atom is 0.306 e. The summed E-state index contributed by atoms with van der Waals surface area (Å²) in [5, 5.41) is 0. The highest BCUT2D eigenvalue weighted by atomic mass is 32.2. The van der Waals surface area contributed by atoms with Crippen molar-refractivity contribution in [2.75, 3.05) is 11.5 Å². The van der Waals surface area contributed by atoms with Crippen LogP contribution in [0.1, 0.15) is 46.0 Å². The van der Waals surface area contributed by atoms with Crippen LogP contribution in [-0.4, -0.2) is 23.6 Å². The molecular weight excluding hydrogens is 208 g/mol. The molecule has 1 saturated heterocycles. The van der Waals surface area contributed by atoms with Crippen molar-refractivity contribution < 1.29 is 9.53 Å². The van der Waals surface area contributed by atoms with Gasteiger partial charge in [-0.05, 0) is 50.5 Å². The van der Waals surface area contributed by atoms with Crippen molar-refractivity contribution in [3.05, 3.63) is 0 Å². The van der Waals surface area contributed by atoms with E-state index in [9.17, 15) is 4.79 Å². The maximum absolute atomic E-state index is 11.2. The first-order valence-electron chi connectivity index (χ1n) is 5.95. The van der Waals surface area contributed by atoms with Gasteiger partial charge in [0.1, 0.15) is 0 Å². The van der Waals surface area contributed by atoms with Crippen LogP contribution in [0.2, 0.25) is 0 Å². The SMILES string of the molecule is CC(C)OC(=O)CCCCC1CCSC1. The van der Waals surface area contributed by atoms with Gasteiger partial charge >= 0.3 is 5.97 Å². The first-order valence-corrected chi connectivity index (χ1v) is 7.11. The summed E-state index contributed by atoms with van der Waals surface area (Å²) in [7, 11) is 0.